The minimum Gasteiger partial charge on any atom is -0.329 e. The highest BCUT2D eigenvalue weighted by Gasteiger charge is 2.29. The fraction of sp³-hybridized carbons (Fsp3) is 0.571. The Balaban J connectivity index is 0.00000288. The Labute approximate surface area is 150 Å². The van der Waals surface area contributed by atoms with Crippen LogP contribution in [0.2, 0.25) is 0 Å². The van der Waals surface area contributed by atoms with E-state index in [2.05, 4.69) is 4.72 Å². The highest BCUT2D eigenvalue weighted by atomic mass is 35.5. The Kier molecular flexibility index (Phi) is 6.82. The molecule has 0 unspecified atom stereocenters. The van der Waals surface area contributed by atoms with E-state index in [1.807, 2.05) is 0 Å². The fourth-order valence-corrected chi connectivity index (χ4v) is 5.45. The summed E-state index contributed by atoms with van der Waals surface area (Å²) in [5, 5.41) is 0. The number of rotatable bonds is 6. The first-order chi connectivity index (χ1) is 10.6. The maximum absolute atomic E-state index is 12.5. The number of halogens is 1. The molecule has 0 atom stereocenters. The average Bonchev–Trinajstić information content (AvgIpc) is 3.01. The Hall–Kier alpha value is -0.710. The molecule has 138 valence electrons. The molecule has 0 spiro atoms. The van der Waals surface area contributed by atoms with E-state index in [-0.39, 0.29) is 28.7 Å². The SMILES string of the molecule is CC(C)(CN)NS(=O)(=O)c1cccc(S(=O)(=O)N2CCCC2)c1.Cl. The van der Waals surface area contributed by atoms with Gasteiger partial charge in [0.1, 0.15) is 0 Å². The molecule has 0 amide bonds. The number of benzene rings is 1. The van der Waals surface area contributed by atoms with Gasteiger partial charge in [-0.2, -0.15) is 4.31 Å². The van der Waals surface area contributed by atoms with E-state index in [4.69, 9.17) is 5.73 Å². The van der Waals surface area contributed by atoms with Crippen LogP contribution in [0.15, 0.2) is 34.1 Å². The second-order valence-electron chi connectivity index (χ2n) is 6.28. The van der Waals surface area contributed by atoms with Gasteiger partial charge in [0.15, 0.2) is 0 Å². The molecule has 0 aromatic heterocycles. The molecule has 1 saturated heterocycles. The predicted molar refractivity (Wildman–Crippen MR) is 95.1 cm³/mol. The molecule has 24 heavy (non-hydrogen) atoms. The zero-order valence-electron chi connectivity index (χ0n) is 13.7. The molecule has 3 N–H and O–H groups in total. The van der Waals surface area contributed by atoms with E-state index in [1.165, 1.54) is 28.6 Å². The molecule has 1 fully saturated rings. The maximum Gasteiger partial charge on any atom is 0.243 e. The van der Waals surface area contributed by atoms with Crippen LogP contribution in [0.5, 0.6) is 0 Å². The van der Waals surface area contributed by atoms with Crippen molar-refractivity contribution in [3.63, 3.8) is 0 Å². The first-order valence-corrected chi connectivity index (χ1v) is 10.4. The fourth-order valence-electron chi connectivity index (χ4n) is 2.34. The van der Waals surface area contributed by atoms with E-state index >= 15 is 0 Å². The van der Waals surface area contributed by atoms with Crippen LogP contribution in [0.3, 0.4) is 0 Å². The van der Waals surface area contributed by atoms with Gasteiger partial charge in [-0.15, -0.1) is 12.4 Å². The quantitative estimate of drug-likeness (QED) is 0.741. The van der Waals surface area contributed by atoms with Crippen LogP contribution in [-0.4, -0.2) is 46.3 Å². The maximum atomic E-state index is 12.5. The van der Waals surface area contributed by atoms with Crippen molar-refractivity contribution in [3.8, 4) is 0 Å². The molecule has 1 aromatic carbocycles. The molecule has 1 aromatic rings. The molecule has 0 radical (unpaired) electrons. The van der Waals surface area contributed by atoms with Crippen molar-refractivity contribution < 1.29 is 16.8 Å². The number of hydrogen-bond acceptors (Lipinski definition) is 5. The van der Waals surface area contributed by atoms with Crippen LogP contribution in [0.25, 0.3) is 0 Å². The van der Waals surface area contributed by atoms with E-state index in [1.54, 1.807) is 13.8 Å². The van der Waals surface area contributed by atoms with Crippen LogP contribution < -0.4 is 10.5 Å². The van der Waals surface area contributed by atoms with Crippen molar-refractivity contribution >= 4 is 32.5 Å². The van der Waals surface area contributed by atoms with Gasteiger partial charge in [-0.3, -0.25) is 0 Å². The highest BCUT2D eigenvalue weighted by molar-refractivity contribution is 7.90. The second kappa shape index (κ2) is 7.67. The first kappa shape index (κ1) is 21.3. The third kappa shape index (κ3) is 4.68. The minimum absolute atomic E-state index is 0. The Morgan fingerprint density at radius 3 is 2.21 bits per heavy atom. The standard InChI is InChI=1S/C14H23N3O4S2.ClH/c1-14(2,11-15)16-22(18,19)12-6-5-7-13(10-12)23(20,21)17-8-3-4-9-17;/h5-7,10,16H,3-4,8-9,11,15H2,1-2H3;1H. The summed E-state index contributed by atoms with van der Waals surface area (Å²) in [5.41, 5.74) is 4.73. The molecule has 0 aliphatic carbocycles. The van der Waals surface area contributed by atoms with Crippen LogP contribution in [0.1, 0.15) is 26.7 Å². The van der Waals surface area contributed by atoms with Crippen LogP contribution in [0.4, 0.5) is 0 Å². The van der Waals surface area contributed by atoms with Crippen molar-refractivity contribution in [1.82, 2.24) is 9.03 Å². The Bertz CT molecular complexity index is 773. The Morgan fingerprint density at radius 2 is 1.67 bits per heavy atom. The van der Waals surface area contributed by atoms with Crippen molar-refractivity contribution in [2.45, 2.75) is 42.0 Å². The summed E-state index contributed by atoms with van der Waals surface area (Å²) >= 11 is 0. The zero-order valence-corrected chi connectivity index (χ0v) is 16.2. The molecule has 1 aliphatic rings. The summed E-state index contributed by atoms with van der Waals surface area (Å²) in [6.45, 7) is 4.39. The highest BCUT2D eigenvalue weighted by Crippen LogP contribution is 2.23. The van der Waals surface area contributed by atoms with E-state index in [0.29, 0.717) is 13.1 Å². The minimum atomic E-state index is -3.85. The van der Waals surface area contributed by atoms with Gasteiger partial charge in [0.05, 0.1) is 9.79 Å². The lowest BCUT2D eigenvalue weighted by Gasteiger charge is -2.24. The zero-order chi connectivity index (χ0) is 17.3. The number of nitrogens with one attached hydrogen (secondary N) is 1. The molecule has 2 rings (SSSR count). The summed E-state index contributed by atoms with van der Waals surface area (Å²) < 4.78 is 53.8. The molecule has 10 heteroatoms. The van der Waals surface area contributed by atoms with Gasteiger partial charge in [0.25, 0.3) is 0 Å². The summed E-state index contributed by atoms with van der Waals surface area (Å²) in [6.07, 6.45) is 1.65. The summed E-state index contributed by atoms with van der Waals surface area (Å²) in [5.74, 6) is 0. The molecular weight excluding hydrogens is 374 g/mol. The lowest BCUT2D eigenvalue weighted by Crippen LogP contribution is -2.48. The number of nitrogens with zero attached hydrogens (tertiary/aromatic N) is 1. The van der Waals surface area contributed by atoms with E-state index in [9.17, 15) is 16.8 Å². The Morgan fingerprint density at radius 1 is 1.12 bits per heavy atom. The van der Waals surface area contributed by atoms with Crippen molar-refractivity contribution in [2.24, 2.45) is 5.73 Å². The number of hydrogen-bond donors (Lipinski definition) is 2. The number of sulfonamides is 2. The van der Waals surface area contributed by atoms with Crippen LogP contribution in [-0.2, 0) is 20.0 Å². The van der Waals surface area contributed by atoms with Gasteiger partial charge in [0.2, 0.25) is 20.0 Å². The smallest absolute Gasteiger partial charge is 0.243 e. The molecule has 0 bridgehead atoms. The predicted octanol–water partition coefficient (Wildman–Crippen LogP) is 0.908. The summed E-state index contributed by atoms with van der Waals surface area (Å²) in [7, 11) is -7.50. The third-order valence-corrected chi connectivity index (χ3v) is 7.33. The van der Waals surface area contributed by atoms with Crippen LogP contribution >= 0.6 is 12.4 Å². The van der Waals surface area contributed by atoms with Gasteiger partial charge < -0.3 is 5.73 Å². The molecule has 7 nitrogen and oxygen atoms in total. The molecule has 0 saturated carbocycles. The van der Waals surface area contributed by atoms with E-state index < -0.39 is 25.6 Å². The van der Waals surface area contributed by atoms with Crippen molar-refractivity contribution in [1.29, 1.82) is 0 Å². The van der Waals surface area contributed by atoms with E-state index in [0.717, 1.165) is 12.8 Å². The van der Waals surface area contributed by atoms with Gasteiger partial charge >= 0.3 is 0 Å². The average molecular weight is 398 g/mol. The second-order valence-corrected chi connectivity index (χ2v) is 9.90. The lowest BCUT2D eigenvalue weighted by atomic mass is 10.1. The largest absolute Gasteiger partial charge is 0.329 e. The summed E-state index contributed by atoms with van der Waals surface area (Å²) in [4.78, 5) is -0.0906. The lowest BCUT2D eigenvalue weighted by molar-refractivity contribution is 0.462. The normalized spacial score (nSPS) is 16.8. The molecule has 1 heterocycles. The van der Waals surface area contributed by atoms with Crippen LogP contribution in [0, 0.1) is 0 Å². The third-order valence-electron chi connectivity index (χ3n) is 3.74. The monoisotopic (exact) mass is 397 g/mol. The number of nitrogens with two attached hydrogens (primary N) is 1. The van der Waals surface area contributed by atoms with Crippen molar-refractivity contribution in [3.05, 3.63) is 24.3 Å². The summed E-state index contributed by atoms with van der Waals surface area (Å²) in [6, 6.07) is 5.42. The van der Waals surface area contributed by atoms with Gasteiger partial charge in [-0.1, -0.05) is 6.07 Å². The van der Waals surface area contributed by atoms with Gasteiger partial charge in [-0.25, -0.2) is 21.6 Å². The molecule has 1 aliphatic heterocycles. The first-order valence-electron chi connectivity index (χ1n) is 7.43. The van der Waals surface area contributed by atoms with Gasteiger partial charge in [-0.05, 0) is 44.9 Å². The van der Waals surface area contributed by atoms with Crippen molar-refractivity contribution in [2.75, 3.05) is 19.6 Å². The topological polar surface area (TPSA) is 110 Å². The molecular formula is C14H24ClN3O4S2. The van der Waals surface area contributed by atoms with Gasteiger partial charge in [0, 0.05) is 25.2 Å².